The Kier molecular flexibility index (Phi) is 3.02. The number of aromatic carboxylic acids is 1. The highest BCUT2D eigenvalue weighted by Gasteiger charge is 2.12. The van der Waals surface area contributed by atoms with Crippen LogP contribution in [0, 0.1) is 0 Å². The number of hydrogen-bond donors (Lipinski definition) is 1. The molecule has 0 spiro atoms. The SMILES string of the molecule is CCc1nc2cc(C(=O)O)ccc2n1Cc1ccoc1. The molecule has 2 heterocycles. The summed E-state index contributed by atoms with van der Waals surface area (Å²) < 4.78 is 7.18. The molecule has 5 nitrogen and oxygen atoms in total. The molecule has 0 aliphatic carbocycles. The highest BCUT2D eigenvalue weighted by Crippen LogP contribution is 2.20. The molecular formula is C15H14N2O3. The van der Waals surface area contributed by atoms with E-state index in [2.05, 4.69) is 9.55 Å². The van der Waals surface area contributed by atoms with Crippen molar-refractivity contribution in [3.05, 3.63) is 53.7 Å². The summed E-state index contributed by atoms with van der Waals surface area (Å²) in [6, 6.07) is 6.95. The molecule has 0 unspecified atom stereocenters. The number of carboxylic acid groups (broad SMARTS) is 1. The molecule has 0 radical (unpaired) electrons. The minimum atomic E-state index is -0.936. The number of rotatable bonds is 4. The first kappa shape index (κ1) is 12.5. The van der Waals surface area contributed by atoms with E-state index in [1.54, 1.807) is 24.7 Å². The van der Waals surface area contributed by atoms with E-state index in [9.17, 15) is 4.79 Å². The smallest absolute Gasteiger partial charge is 0.335 e. The van der Waals surface area contributed by atoms with Crippen LogP contribution in [-0.2, 0) is 13.0 Å². The molecular weight excluding hydrogens is 256 g/mol. The second-order valence-corrected chi connectivity index (χ2v) is 4.61. The molecule has 1 N–H and O–H groups in total. The molecule has 1 aromatic carbocycles. The molecule has 0 saturated heterocycles. The van der Waals surface area contributed by atoms with Crippen LogP contribution in [0.5, 0.6) is 0 Å². The summed E-state index contributed by atoms with van der Waals surface area (Å²) in [5.74, 6) is -0.00179. The van der Waals surface area contributed by atoms with Gasteiger partial charge >= 0.3 is 5.97 Å². The number of benzene rings is 1. The van der Waals surface area contributed by atoms with Gasteiger partial charge in [0.2, 0.25) is 0 Å². The number of aryl methyl sites for hydroxylation is 1. The lowest BCUT2D eigenvalue weighted by Crippen LogP contribution is -2.03. The van der Waals surface area contributed by atoms with Crippen LogP contribution in [0.3, 0.4) is 0 Å². The maximum absolute atomic E-state index is 11.0. The predicted octanol–water partition coefficient (Wildman–Crippen LogP) is 2.94. The van der Waals surface area contributed by atoms with E-state index in [0.29, 0.717) is 12.1 Å². The lowest BCUT2D eigenvalue weighted by atomic mass is 10.2. The van der Waals surface area contributed by atoms with E-state index in [1.807, 2.05) is 19.1 Å². The molecule has 0 fully saturated rings. The number of hydrogen-bond acceptors (Lipinski definition) is 3. The Hall–Kier alpha value is -2.56. The van der Waals surface area contributed by atoms with Gasteiger partial charge in [-0.15, -0.1) is 0 Å². The summed E-state index contributed by atoms with van der Waals surface area (Å²) in [6.07, 6.45) is 4.13. The Balaban J connectivity index is 2.12. The highest BCUT2D eigenvalue weighted by atomic mass is 16.4. The fourth-order valence-electron chi connectivity index (χ4n) is 2.32. The molecule has 20 heavy (non-hydrogen) atoms. The fraction of sp³-hybridized carbons (Fsp3) is 0.200. The van der Waals surface area contributed by atoms with E-state index in [-0.39, 0.29) is 5.56 Å². The van der Waals surface area contributed by atoms with Crippen LogP contribution in [0.1, 0.15) is 28.7 Å². The van der Waals surface area contributed by atoms with Crippen LogP contribution < -0.4 is 0 Å². The van der Waals surface area contributed by atoms with Crippen LogP contribution in [0.15, 0.2) is 41.2 Å². The maximum Gasteiger partial charge on any atom is 0.335 e. The van der Waals surface area contributed by atoms with Gasteiger partial charge in [-0.3, -0.25) is 0 Å². The third kappa shape index (κ3) is 2.07. The predicted molar refractivity (Wildman–Crippen MR) is 73.9 cm³/mol. The quantitative estimate of drug-likeness (QED) is 0.791. The molecule has 0 aliphatic rings. The molecule has 3 rings (SSSR count). The summed E-state index contributed by atoms with van der Waals surface area (Å²) in [7, 11) is 0. The van der Waals surface area contributed by atoms with Gasteiger partial charge in [0.05, 0.1) is 35.7 Å². The van der Waals surface area contributed by atoms with Crippen molar-refractivity contribution in [3.63, 3.8) is 0 Å². The molecule has 5 heteroatoms. The molecule has 3 aromatic rings. The summed E-state index contributed by atoms with van der Waals surface area (Å²) >= 11 is 0. The summed E-state index contributed by atoms with van der Waals surface area (Å²) in [4.78, 5) is 15.5. The molecule has 0 bridgehead atoms. The van der Waals surface area contributed by atoms with Crippen molar-refractivity contribution in [1.82, 2.24) is 9.55 Å². The Morgan fingerprint density at radius 3 is 2.90 bits per heavy atom. The first-order valence-corrected chi connectivity index (χ1v) is 6.42. The number of imidazole rings is 1. The number of carbonyl (C=O) groups is 1. The fourth-order valence-corrected chi connectivity index (χ4v) is 2.32. The second-order valence-electron chi connectivity index (χ2n) is 4.61. The third-order valence-corrected chi connectivity index (χ3v) is 3.31. The molecule has 2 aromatic heterocycles. The molecule has 0 amide bonds. The lowest BCUT2D eigenvalue weighted by Gasteiger charge is -2.06. The van der Waals surface area contributed by atoms with E-state index in [4.69, 9.17) is 9.52 Å². The summed E-state index contributed by atoms with van der Waals surface area (Å²) in [5.41, 5.74) is 2.97. The van der Waals surface area contributed by atoms with Crippen LogP contribution in [0.2, 0.25) is 0 Å². The maximum atomic E-state index is 11.0. The second kappa shape index (κ2) is 4.85. The van der Waals surface area contributed by atoms with Crippen molar-refractivity contribution in [2.45, 2.75) is 19.9 Å². The van der Waals surface area contributed by atoms with Crippen LogP contribution in [0.4, 0.5) is 0 Å². The topological polar surface area (TPSA) is 68.3 Å². The van der Waals surface area contributed by atoms with Crippen molar-refractivity contribution < 1.29 is 14.3 Å². The summed E-state index contributed by atoms with van der Waals surface area (Å²) in [5, 5.41) is 9.04. The van der Waals surface area contributed by atoms with E-state index in [0.717, 1.165) is 23.3 Å². The Labute approximate surface area is 115 Å². The van der Waals surface area contributed by atoms with E-state index >= 15 is 0 Å². The first-order valence-electron chi connectivity index (χ1n) is 6.42. The molecule has 102 valence electrons. The first-order chi connectivity index (χ1) is 9.69. The van der Waals surface area contributed by atoms with Gasteiger partial charge in [-0.1, -0.05) is 6.92 Å². The van der Waals surface area contributed by atoms with E-state index in [1.165, 1.54) is 0 Å². The van der Waals surface area contributed by atoms with Crippen LogP contribution in [0.25, 0.3) is 11.0 Å². The van der Waals surface area contributed by atoms with Crippen molar-refractivity contribution in [2.75, 3.05) is 0 Å². The summed E-state index contributed by atoms with van der Waals surface area (Å²) in [6.45, 7) is 2.70. The average Bonchev–Trinajstić information content (AvgIpc) is 3.06. The number of fused-ring (bicyclic) bond motifs is 1. The zero-order chi connectivity index (χ0) is 14.1. The van der Waals surface area contributed by atoms with Gasteiger partial charge in [0.25, 0.3) is 0 Å². The van der Waals surface area contributed by atoms with Crippen LogP contribution in [-0.4, -0.2) is 20.6 Å². The monoisotopic (exact) mass is 270 g/mol. The number of furan rings is 1. The van der Waals surface area contributed by atoms with Gasteiger partial charge in [-0.25, -0.2) is 9.78 Å². The minimum Gasteiger partial charge on any atom is -0.478 e. The van der Waals surface area contributed by atoms with Crippen molar-refractivity contribution in [2.24, 2.45) is 0 Å². The zero-order valence-corrected chi connectivity index (χ0v) is 11.0. The van der Waals surface area contributed by atoms with Gasteiger partial charge in [0.1, 0.15) is 5.82 Å². The number of nitrogens with zero attached hydrogens (tertiary/aromatic N) is 2. The molecule has 0 aliphatic heterocycles. The van der Waals surface area contributed by atoms with Crippen molar-refractivity contribution >= 4 is 17.0 Å². The van der Waals surface area contributed by atoms with Gasteiger partial charge in [-0.05, 0) is 24.3 Å². The van der Waals surface area contributed by atoms with Gasteiger partial charge in [0.15, 0.2) is 0 Å². The van der Waals surface area contributed by atoms with Crippen molar-refractivity contribution in [3.8, 4) is 0 Å². The molecule has 0 atom stereocenters. The molecule has 0 saturated carbocycles. The van der Waals surface area contributed by atoms with E-state index < -0.39 is 5.97 Å². The van der Waals surface area contributed by atoms with Gasteiger partial charge < -0.3 is 14.1 Å². The largest absolute Gasteiger partial charge is 0.478 e. The number of aromatic nitrogens is 2. The van der Waals surface area contributed by atoms with Gasteiger partial charge in [0, 0.05) is 12.0 Å². The van der Waals surface area contributed by atoms with Crippen LogP contribution >= 0.6 is 0 Å². The Bertz CT molecular complexity index is 757. The Morgan fingerprint density at radius 1 is 1.40 bits per heavy atom. The lowest BCUT2D eigenvalue weighted by molar-refractivity contribution is 0.0697. The third-order valence-electron chi connectivity index (χ3n) is 3.31. The van der Waals surface area contributed by atoms with Crippen molar-refractivity contribution in [1.29, 1.82) is 0 Å². The highest BCUT2D eigenvalue weighted by molar-refractivity contribution is 5.92. The zero-order valence-electron chi connectivity index (χ0n) is 11.0. The standard InChI is InChI=1S/C15H14N2O3/c1-2-14-16-12-7-11(15(18)19)3-4-13(12)17(14)8-10-5-6-20-9-10/h3-7,9H,2,8H2,1H3,(H,18,19). The minimum absolute atomic E-state index is 0.258. The van der Waals surface area contributed by atoms with Gasteiger partial charge in [-0.2, -0.15) is 0 Å². The number of carboxylic acids is 1. The average molecular weight is 270 g/mol. The normalized spacial score (nSPS) is 11.1. The Morgan fingerprint density at radius 2 is 2.25 bits per heavy atom.